The molecule has 0 unspecified atom stereocenters. The molecule has 6 nitrogen and oxygen atoms in total. The van der Waals surface area contributed by atoms with Gasteiger partial charge in [0.1, 0.15) is 17.7 Å². The smallest absolute Gasteiger partial charge is 0.324 e. The predicted octanol–water partition coefficient (Wildman–Crippen LogP) is 2.06. The highest BCUT2D eigenvalue weighted by atomic mass is 32.2. The molecule has 0 heterocycles. The Kier molecular flexibility index (Phi) is 6.17. The zero-order chi connectivity index (χ0) is 19.3. The summed E-state index contributed by atoms with van der Waals surface area (Å²) >= 11 is 0. The number of benzene rings is 2. The van der Waals surface area contributed by atoms with Gasteiger partial charge in [-0.3, -0.25) is 9.59 Å². The number of ketones is 1. The van der Waals surface area contributed by atoms with Crippen molar-refractivity contribution < 1.29 is 31.5 Å². The summed E-state index contributed by atoms with van der Waals surface area (Å²) in [6, 6.07) is 7.59. The Balaban J connectivity index is 1.95. The molecule has 2 aromatic carbocycles. The van der Waals surface area contributed by atoms with E-state index in [-0.39, 0.29) is 10.5 Å². The van der Waals surface area contributed by atoms with E-state index in [9.17, 15) is 26.8 Å². The first-order valence-electron chi connectivity index (χ1n) is 7.42. The van der Waals surface area contributed by atoms with Crippen LogP contribution in [0.3, 0.4) is 0 Å². The molecule has 138 valence electrons. The van der Waals surface area contributed by atoms with Gasteiger partial charge in [0.15, 0.2) is 12.4 Å². The average Bonchev–Trinajstić information content (AvgIpc) is 2.59. The highest BCUT2D eigenvalue weighted by molar-refractivity contribution is 7.89. The van der Waals surface area contributed by atoms with E-state index in [1.807, 2.05) is 0 Å². The van der Waals surface area contributed by atoms with E-state index in [1.54, 1.807) is 0 Å². The Morgan fingerprint density at radius 1 is 1.08 bits per heavy atom. The number of Topliss-reactive ketones (excluding diaryl/α,β-unsaturated/α-hetero) is 1. The lowest BCUT2D eigenvalue weighted by atomic mass is 10.1. The molecule has 0 amide bonds. The van der Waals surface area contributed by atoms with Crippen LogP contribution in [-0.2, 0) is 19.6 Å². The van der Waals surface area contributed by atoms with Crippen LogP contribution in [-0.4, -0.2) is 32.8 Å². The third kappa shape index (κ3) is 5.17. The van der Waals surface area contributed by atoms with Crippen molar-refractivity contribution in [3.8, 4) is 0 Å². The van der Waals surface area contributed by atoms with Crippen molar-refractivity contribution in [3.63, 3.8) is 0 Å². The number of nitrogens with one attached hydrogen (secondary N) is 1. The molecule has 0 radical (unpaired) electrons. The Morgan fingerprint density at radius 3 is 2.35 bits per heavy atom. The Bertz CT molecular complexity index is 913. The molecule has 26 heavy (non-hydrogen) atoms. The first kappa shape index (κ1) is 19.7. The van der Waals surface area contributed by atoms with E-state index in [2.05, 4.69) is 4.72 Å². The molecule has 0 aliphatic carbocycles. The molecular weight excluding hydrogens is 368 g/mol. The van der Waals surface area contributed by atoms with Crippen LogP contribution in [0.2, 0.25) is 0 Å². The Hall–Kier alpha value is -2.65. The van der Waals surface area contributed by atoms with Gasteiger partial charge in [-0.2, -0.15) is 4.72 Å². The van der Waals surface area contributed by atoms with E-state index < -0.39 is 46.1 Å². The lowest BCUT2D eigenvalue weighted by Gasteiger charge is -2.13. The van der Waals surface area contributed by atoms with E-state index in [4.69, 9.17) is 4.74 Å². The van der Waals surface area contributed by atoms with Crippen LogP contribution < -0.4 is 4.72 Å². The molecule has 0 saturated heterocycles. The van der Waals surface area contributed by atoms with E-state index in [0.29, 0.717) is 0 Å². The molecule has 0 aliphatic rings. The van der Waals surface area contributed by atoms with Crippen molar-refractivity contribution in [2.75, 3.05) is 6.61 Å². The van der Waals surface area contributed by atoms with Crippen molar-refractivity contribution >= 4 is 21.8 Å². The topological polar surface area (TPSA) is 89.5 Å². The Labute approximate surface area is 148 Å². The number of hydrogen-bond donors (Lipinski definition) is 1. The number of rotatable bonds is 7. The molecule has 0 saturated carbocycles. The van der Waals surface area contributed by atoms with Crippen molar-refractivity contribution in [1.29, 1.82) is 0 Å². The maximum atomic E-state index is 13.1. The highest BCUT2D eigenvalue weighted by Crippen LogP contribution is 2.11. The largest absolute Gasteiger partial charge is 0.456 e. The standard InChI is InChI=1S/C17H15F2NO5S/c1-11(20-26(23,24)15-7-5-13(18)6-8-15)17(22)25-10-16(21)12-3-2-4-14(19)9-12/h2-9,11,20H,10H2,1H3/t11-/m0/s1. The van der Waals surface area contributed by atoms with Crippen molar-refractivity contribution in [3.05, 3.63) is 65.7 Å². The maximum Gasteiger partial charge on any atom is 0.324 e. The van der Waals surface area contributed by atoms with Crippen molar-refractivity contribution in [2.45, 2.75) is 17.9 Å². The zero-order valence-electron chi connectivity index (χ0n) is 13.6. The molecule has 0 bridgehead atoms. The normalized spacial score (nSPS) is 12.4. The van der Waals surface area contributed by atoms with Gasteiger partial charge in [0.2, 0.25) is 10.0 Å². The number of ether oxygens (including phenoxy) is 1. The summed E-state index contributed by atoms with van der Waals surface area (Å²) in [6.07, 6.45) is 0. The lowest BCUT2D eigenvalue weighted by molar-refractivity contribution is -0.144. The number of hydrogen-bond acceptors (Lipinski definition) is 5. The minimum atomic E-state index is -4.07. The lowest BCUT2D eigenvalue weighted by Crippen LogP contribution is -2.40. The number of halogens is 2. The van der Waals surface area contributed by atoms with Crippen molar-refractivity contribution in [2.24, 2.45) is 0 Å². The maximum absolute atomic E-state index is 13.1. The van der Waals surface area contributed by atoms with Gasteiger partial charge in [-0.25, -0.2) is 17.2 Å². The van der Waals surface area contributed by atoms with E-state index in [0.717, 1.165) is 36.4 Å². The van der Waals surface area contributed by atoms with Gasteiger partial charge in [0, 0.05) is 5.56 Å². The van der Waals surface area contributed by atoms with Gasteiger partial charge in [-0.15, -0.1) is 0 Å². The fourth-order valence-electron chi connectivity index (χ4n) is 1.97. The predicted molar refractivity (Wildman–Crippen MR) is 87.9 cm³/mol. The van der Waals surface area contributed by atoms with Gasteiger partial charge in [0.05, 0.1) is 4.90 Å². The van der Waals surface area contributed by atoms with Gasteiger partial charge in [0.25, 0.3) is 0 Å². The molecular formula is C17H15F2NO5S. The summed E-state index contributed by atoms with van der Waals surface area (Å²) in [4.78, 5) is 23.5. The number of carbonyl (C=O) groups is 2. The minimum Gasteiger partial charge on any atom is -0.456 e. The fourth-order valence-corrected chi connectivity index (χ4v) is 3.16. The fraction of sp³-hybridized carbons (Fsp3) is 0.176. The summed E-state index contributed by atoms with van der Waals surface area (Å²) in [5, 5.41) is 0. The second-order valence-corrected chi connectivity index (χ2v) is 7.05. The van der Waals surface area contributed by atoms with Crippen LogP contribution in [0, 0.1) is 11.6 Å². The van der Waals surface area contributed by atoms with Crippen LogP contribution in [0.15, 0.2) is 53.4 Å². The molecule has 1 N–H and O–H groups in total. The summed E-state index contributed by atoms with van der Waals surface area (Å²) in [5.74, 6) is -2.83. The molecule has 0 aromatic heterocycles. The van der Waals surface area contributed by atoms with Crippen LogP contribution in [0.1, 0.15) is 17.3 Å². The summed E-state index contributed by atoms with van der Waals surface area (Å²) in [6.45, 7) is 0.570. The van der Waals surface area contributed by atoms with Gasteiger partial charge >= 0.3 is 5.97 Å². The Morgan fingerprint density at radius 2 is 1.73 bits per heavy atom. The second-order valence-electron chi connectivity index (χ2n) is 5.34. The first-order valence-corrected chi connectivity index (χ1v) is 8.90. The van der Waals surface area contributed by atoms with E-state index >= 15 is 0 Å². The van der Waals surface area contributed by atoms with E-state index in [1.165, 1.54) is 19.1 Å². The molecule has 9 heteroatoms. The number of carbonyl (C=O) groups excluding carboxylic acids is 2. The summed E-state index contributed by atoms with van der Waals surface area (Å²) < 4.78 is 57.0. The molecule has 2 aromatic rings. The third-order valence-corrected chi connectivity index (χ3v) is 4.86. The van der Waals surface area contributed by atoms with Crippen molar-refractivity contribution in [1.82, 2.24) is 4.72 Å². The first-order chi connectivity index (χ1) is 12.2. The molecule has 0 spiro atoms. The monoisotopic (exact) mass is 383 g/mol. The SMILES string of the molecule is C[C@H](NS(=O)(=O)c1ccc(F)cc1)C(=O)OCC(=O)c1cccc(F)c1. The second kappa shape index (κ2) is 8.15. The van der Waals surface area contributed by atoms with Gasteiger partial charge < -0.3 is 4.74 Å². The zero-order valence-corrected chi connectivity index (χ0v) is 14.4. The minimum absolute atomic E-state index is 0.0253. The number of sulfonamides is 1. The molecule has 0 fully saturated rings. The van der Waals surface area contributed by atoms with Gasteiger partial charge in [-0.1, -0.05) is 12.1 Å². The highest BCUT2D eigenvalue weighted by Gasteiger charge is 2.24. The molecule has 0 aliphatic heterocycles. The third-order valence-electron chi connectivity index (χ3n) is 3.30. The van der Waals surface area contributed by atoms with Gasteiger partial charge in [-0.05, 0) is 43.3 Å². The summed E-state index contributed by atoms with van der Waals surface area (Å²) in [5.41, 5.74) is 0.0253. The van der Waals surface area contributed by atoms with Crippen LogP contribution in [0.5, 0.6) is 0 Å². The average molecular weight is 383 g/mol. The van der Waals surface area contributed by atoms with Crippen LogP contribution >= 0.6 is 0 Å². The van der Waals surface area contributed by atoms with Crippen LogP contribution in [0.25, 0.3) is 0 Å². The number of esters is 1. The summed E-state index contributed by atoms with van der Waals surface area (Å²) in [7, 11) is -4.07. The van der Waals surface area contributed by atoms with Crippen LogP contribution in [0.4, 0.5) is 8.78 Å². The quantitative estimate of drug-likeness (QED) is 0.584. The molecule has 2 rings (SSSR count). The molecule has 1 atom stereocenters.